The third kappa shape index (κ3) is 4.16. The number of carbonyl (C=O) groups is 2. The van der Waals surface area contributed by atoms with Gasteiger partial charge in [-0.15, -0.1) is 0 Å². The van der Waals surface area contributed by atoms with Crippen molar-refractivity contribution in [2.45, 2.75) is 13.3 Å². The molecule has 0 aliphatic rings. The number of nitrogens with zero attached hydrogens (tertiary/aromatic N) is 1. The van der Waals surface area contributed by atoms with Crippen LogP contribution in [0.1, 0.15) is 23.7 Å². The second-order valence-electron chi connectivity index (χ2n) is 4.30. The maximum atomic E-state index is 12.0. The molecule has 0 heterocycles. The number of rotatable bonds is 7. The number of carbonyl (C=O) groups excluding carboxylic acids is 1. The minimum absolute atomic E-state index is 0.00746. The molecule has 21 heavy (non-hydrogen) atoms. The quantitative estimate of drug-likeness (QED) is 0.580. The van der Waals surface area contributed by atoms with E-state index in [0.29, 0.717) is 6.42 Å². The molecular formula is C13H16N2O6. The Kier molecular flexibility index (Phi) is 5.65. The summed E-state index contributed by atoms with van der Waals surface area (Å²) < 4.78 is 4.98. The fourth-order valence-corrected chi connectivity index (χ4v) is 1.70. The van der Waals surface area contributed by atoms with Crippen molar-refractivity contribution in [2.75, 3.05) is 13.7 Å². The molecule has 8 nitrogen and oxygen atoms in total. The molecule has 1 aromatic rings. The second kappa shape index (κ2) is 7.22. The van der Waals surface area contributed by atoms with Gasteiger partial charge in [0.2, 0.25) is 0 Å². The third-order valence-electron chi connectivity index (χ3n) is 2.99. The van der Waals surface area contributed by atoms with Crippen LogP contribution in [-0.4, -0.2) is 35.6 Å². The van der Waals surface area contributed by atoms with Gasteiger partial charge in [-0.25, -0.2) is 0 Å². The van der Waals surface area contributed by atoms with Crippen LogP contribution in [0, 0.1) is 16.0 Å². The number of hydrogen-bond donors (Lipinski definition) is 2. The SMILES string of the molecule is CCC(CNC(=O)c1cc([N+](=O)[O-])ccc1OC)C(=O)O. The number of nitrogens with one attached hydrogen (secondary N) is 1. The van der Waals surface area contributed by atoms with Gasteiger partial charge in [0.05, 0.1) is 23.5 Å². The molecule has 1 aromatic carbocycles. The van der Waals surface area contributed by atoms with Crippen LogP contribution in [0.15, 0.2) is 18.2 Å². The van der Waals surface area contributed by atoms with Crippen molar-refractivity contribution in [1.29, 1.82) is 0 Å². The first-order chi connectivity index (χ1) is 9.90. The highest BCUT2D eigenvalue weighted by Gasteiger charge is 2.20. The van der Waals surface area contributed by atoms with Gasteiger partial charge < -0.3 is 15.2 Å². The molecule has 0 aliphatic heterocycles. The van der Waals surface area contributed by atoms with Crippen LogP contribution in [-0.2, 0) is 4.79 Å². The van der Waals surface area contributed by atoms with E-state index in [1.54, 1.807) is 6.92 Å². The molecule has 0 bridgehead atoms. The van der Waals surface area contributed by atoms with Gasteiger partial charge in [0, 0.05) is 18.7 Å². The van der Waals surface area contributed by atoms with E-state index in [2.05, 4.69) is 5.32 Å². The van der Waals surface area contributed by atoms with Crippen molar-refractivity contribution in [3.63, 3.8) is 0 Å². The standard InChI is InChI=1S/C13H16N2O6/c1-3-8(13(17)18)7-14-12(16)10-6-9(15(19)20)4-5-11(10)21-2/h4-6,8H,3,7H2,1-2H3,(H,14,16)(H,17,18). The Bertz CT molecular complexity index is 558. The molecule has 114 valence electrons. The van der Waals surface area contributed by atoms with E-state index in [-0.39, 0.29) is 23.5 Å². The highest BCUT2D eigenvalue weighted by atomic mass is 16.6. The monoisotopic (exact) mass is 296 g/mol. The Morgan fingerprint density at radius 2 is 2.14 bits per heavy atom. The largest absolute Gasteiger partial charge is 0.496 e. The first-order valence-electron chi connectivity index (χ1n) is 6.24. The average molecular weight is 296 g/mol. The van der Waals surface area contributed by atoms with Gasteiger partial charge in [-0.05, 0) is 12.5 Å². The second-order valence-corrected chi connectivity index (χ2v) is 4.30. The van der Waals surface area contributed by atoms with Gasteiger partial charge in [-0.1, -0.05) is 6.92 Å². The molecule has 1 unspecified atom stereocenters. The predicted octanol–water partition coefficient (Wildman–Crippen LogP) is 1.44. The van der Waals surface area contributed by atoms with Gasteiger partial charge >= 0.3 is 5.97 Å². The summed E-state index contributed by atoms with van der Waals surface area (Å²) >= 11 is 0. The molecule has 0 saturated heterocycles. The molecule has 0 aliphatic carbocycles. The molecule has 0 spiro atoms. The summed E-state index contributed by atoms with van der Waals surface area (Å²) in [6, 6.07) is 3.64. The summed E-state index contributed by atoms with van der Waals surface area (Å²) in [5, 5.41) is 22.1. The van der Waals surface area contributed by atoms with Gasteiger partial charge in [0.25, 0.3) is 11.6 Å². The normalized spacial score (nSPS) is 11.5. The molecule has 0 aromatic heterocycles. The Morgan fingerprint density at radius 3 is 2.62 bits per heavy atom. The van der Waals surface area contributed by atoms with E-state index in [1.165, 1.54) is 19.2 Å². The van der Waals surface area contributed by atoms with E-state index < -0.39 is 22.7 Å². The predicted molar refractivity (Wildman–Crippen MR) is 73.4 cm³/mol. The van der Waals surface area contributed by atoms with Crippen LogP contribution in [0.5, 0.6) is 5.75 Å². The molecule has 0 saturated carbocycles. The highest BCUT2D eigenvalue weighted by molar-refractivity contribution is 5.97. The van der Waals surface area contributed by atoms with Crippen molar-refractivity contribution < 1.29 is 24.4 Å². The summed E-state index contributed by atoms with van der Waals surface area (Å²) in [6.07, 6.45) is 0.363. The van der Waals surface area contributed by atoms with Gasteiger partial charge in [0.1, 0.15) is 5.75 Å². The van der Waals surface area contributed by atoms with E-state index in [1.807, 2.05) is 0 Å². The van der Waals surface area contributed by atoms with Crippen LogP contribution in [0.3, 0.4) is 0 Å². The molecular weight excluding hydrogens is 280 g/mol. The number of aliphatic carboxylic acids is 1. The van der Waals surface area contributed by atoms with Crippen molar-refractivity contribution >= 4 is 17.6 Å². The molecule has 1 rings (SSSR count). The summed E-state index contributed by atoms with van der Waals surface area (Å²) in [5.74, 6) is -2.15. The fraction of sp³-hybridized carbons (Fsp3) is 0.385. The number of nitro benzene ring substituents is 1. The van der Waals surface area contributed by atoms with Crippen LogP contribution in [0.4, 0.5) is 5.69 Å². The topological polar surface area (TPSA) is 119 Å². The lowest BCUT2D eigenvalue weighted by atomic mass is 10.1. The Labute approximate surface area is 120 Å². The van der Waals surface area contributed by atoms with E-state index in [0.717, 1.165) is 6.07 Å². The number of nitro groups is 1. The van der Waals surface area contributed by atoms with E-state index in [4.69, 9.17) is 9.84 Å². The molecule has 8 heteroatoms. The Hall–Kier alpha value is -2.64. The fourth-order valence-electron chi connectivity index (χ4n) is 1.70. The van der Waals surface area contributed by atoms with Crippen LogP contribution in [0.2, 0.25) is 0 Å². The smallest absolute Gasteiger partial charge is 0.308 e. The lowest BCUT2D eigenvalue weighted by Gasteiger charge is -2.12. The lowest BCUT2D eigenvalue weighted by molar-refractivity contribution is -0.384. The van der Waals surface area contributed by atoms with Gasteiger partial charge in [-0.2, -0.15) is 0 Å². The van der Waals surface area contributed by atoms with Crippen LogP contribution < -0.4 is 10.1 Å². The molecule has 1 amide bonds. The first kappa shape index (κ1) is 16.4. The minimum Gasteiger partial charge on any atom is -0.496 e. The summed E-state index contributed by atoms with van der Waals surface area (Å²) in [7, 11) is 1.34. The number of carboxylic acids is 1. The summed E-state index contributed by atoms with van der Waals surface area (Å²) in [6.45, 7) is 1.63. The first-order valence-corrected chi connectivity index (χ1v) is 6.24. The van der Waals surface area contributed by atoms with Crippen molar-refractivity contribution in [1.82, 2.24) is 5.32 Å². The minimum atomic E-state index is -1.01. The number of methoxy groups -OCH3 is 1. The molecule has 2 N–H and O–H groups in total. The Balaban J connectivity index is 2.92. The maximum Gasteiger partial charge on any atom is 0.308 e. The third-order valence-corrected chi connectivity index (χ3v) is 2.99. The number of carboxylic acid groups (broad SMARTS) is 1. The average Bonchev–Trinajstić information content (AvgIpc) is 2.46. The van der Waals surface area contributed by atoms with E-state index >= 15 is 0 Å². The number of amides is 1. The van der Waals surface area contributed by atoms with Crippen molar-refractivity contribution in [3.8, 4) is 5.75 Å². The number of non-ortho nitro benzene ring substituents is 1. The van der Waals surface area contributed by atoms with Gasteiger partial charge in [-0.3, -0.25) is 19.7 Å². The van der Waals surface area contributed by atoms with Crippen LogP contribution >= 0.6 is 0 Å². The zero-order valence-electron chi connectivity index (χ0n) is 11.7. The summed E-state index contributed by atoms with van der Waals surface area (Å²) in [5.41, 5.74) is -0.252. The maximum absolute atomic E-state index is 12.0. The van der Waals surface area contributed by atoms with Crippen LogP contribution in [0.25, 0.3) is 0 Å². The van der Waals surface area contributed by atoms with E-state index in [9.17, 15) is 19.7 Å². The van der Waals surface area contributed by atoms with Crippen molar-refractivity contribution in [2.24, 2.45) is 5.92 Å². The van der Waals surface area contributed by atoms with Crippen molar-refractivity contribution in [3.05, 3.63) is 33.9 Å². The highest BCUT2D eigenvalue weighted by Crippen LogP contribution is 2.23. The number of hydrogen-bond acceptors (Lipinski definition) is 5. The molecule has 0 radical (unpaired) electrons. The Morgan fingerprint density at radius 1 is 1.48 bits per heavy atom. The molecule has 1 atom stereocenters. The number of benzene rings is 1. The molecule has 0 fully saturated rings. The zero-order chi connectivity index (χ0) is 16.0. The van der Waals surface area contributed by atoms with Gasteiger partial charge in [0.15, 0.2) is 0 Å². The summed E-state index contributed by atoms with van der Waals surface area (Å²) in [4.78, 5) is 33.0. The lowest BCUT2D eigenvalue weighted by Crippen LogP contribution is -2.32. The zero-order valence-corrected chi connectivity index (χ0v) is 11.7. The number of ether oxygens (including phenoxy) is 1.